The molecular formula is C21H33P3. The first-order chi connectivity index (χ1) is 10.8. The van der Waals surface area contributed by atoms with Gasteiger partial charge in [0.05, 0.1) is 0 Å². The third-order valence-electron chi connectivity index (χ3n) is 4.04. The molecule has 3 heteroatoms. The summed E-state index contributed by atoms with van der Waals surface area (Å²) in [7, 11) is 2.82. The predicted octanol–water partition coefficient (Wildman–Crippen LogP) is 7.42. The van der Waals surface area contributed by atoms with E-state index >= 15 is 0 Å². The molecule has 0 N–H and O–H groups in total. The maximum atomic E-state index is 2.41. The van der Waals surface area contributed by atoms with Gasteiger partial charge in [-0.1, -0.05) is 109 Å². The van der Waals surface area contributed by atoms with E-state index < -0.39 is 0 Å². The smallest absolute Gasteiger partial charge is 0.0482 e. The van der Waals surface area contributed by atoms with Gasteiger partial charge in [-0.15, -0.1) is 0 Å². The van der Waals surface area contributed by atoms with Gasteiger partial charge in [-0.3, -0.25) is 0 Å². The van der Waals surface area contributed by atoms with Gasteiger partial charge in [-0.2, -0.15) is 0 Å². The molecule has 2 rings (SSSR count). The Bertz CT molecular complexity index is 602. The summed E-state index contributed by atoms with van der Waals surface area (Å²) < 4.78 is 0. The summed E-state index contributed by atoms with van der Waals surface area (Å²) in [5, 5.41) is 5.75. The van der Waals surface area contributed by atoms with Crippen molar-refractivity contribution in [2.24, 2.45) is 16.2 Å². The van der Waals surface area contributed by atoms with Crippen molar-refractivity contribution >= 4 is 39.7 Å². The Morgan fingerprint density at radius 3 is 1.46 bits per heavy atom. The van der Waals surface area contributed by atoms with Gasteiger partial charge in [0, 0.05) is 5.40 Å². The van der Waals surface area contributed by atoms with Crippen LogP contribution in [-0.2, 0) is 0 Å². The fourth-order valence-corrected chi connectivity index (χ4v) is 11.9. The van der Waals surface area contributed by atoms with Crippen LogP contribution in [0.1, 0.15) is 62.3 Å². The van der Waals surface area contributed by atoms with Crippen LogP contribution < -0.4 is 5.30 Å². The number of hydrogen-bond donors (Lipinski definition) is 0. The zero-order chi connectivity index (χ0) is 18.3. The van der Waals surface area contributed by atoms with Crippen LogP contribution in [-0.4, -0.2) is 15.5 Å². The second kappa shape index (κ2) is 6.95. The molecule has 0 amide bonds. The van der Waals surface area contributed by atoms with Crippen LogP contribution in [0, 0.1) is 16.2 Å². The van der Waals surface area contributed by atoms with Crippen molar-refractivity contribution in [3.05, 3.63) is 30.3 Å². The number of benzene rings is 1. The second-order valence-electron chi connectivity index (χ2n) is 9.82. The lowest BCUT2D eigenvalue weighted by atomic mass is 9.99. The Kier molecular flexibility index (Phi) is 5.88. The molecule has 0 fully saturated rings. The van der Waals surface area contributed by atoms with Gasteiger partial charge >= 0.3 is 0 Å². The van der Waals surface area contributed by atoms with E-state index in [1.807, 2.05) is 0 Å². The monoisotopic (exact) mass is 378 g/mol. The van der Waals surface area contributed by atoms with Gasteiger partial charge in [0.15, 0.2) is 0 Å². The molecule has 1 heterocycles. The van der Waals surface area contributed by atoms with Crippen molar-refractivity contribution in [2.75, 3.05) is 0 Å². The summed E-state index contributed by atoms with van der Waals surface area (Å²) in [4.78, 5) is 0. The summed E-state index contributed by atoms with van der Waals surface area (Å²) in [6.45, 7) is 21.7. The molecule has 0 saturated carbocycles. The first kappa shape index (κ1) is 20.3. The van der Waals surface area contributed by atoms with Gasteiger partial charge in [0.2, 0.25) is 0 Å². The minimum atomic E-state index is -0.335. The molecule has 0 radical (unpaired) electrons. The lowest BCUT2D eigenvalue weighted by Crippen LogP contribution is -2.33. The van der Waals surface area contributed by atoms with E-state index in [1.165, 1.54) is 5.30 Å². The highest BCUT2D eigenvalue weighted by Gasteiger charge is 2.40. The summed E-state index contributed by atoms with van der Waals surface area (Å²) in [6.07, 6.45) is 0. The molecule has 0 unspecified atom stereocenters. The van der Waals surface area contributed by atoms with Gasteiger partial charge in [-0.25, -0.2) is 0 Å². The summed E-state index contributed by atoms with van der Waals surface area (Å²) >= 11 is 0. The third-order valence-corrected chi connectivity index (χ3v) is 13.5. The number of hydrogen-bond acceptors (Lipinski definition) is 0. The Labute approximate surface area is 154 Å². The summed E-state index contributed by atoms with van der Waals surface area (Å²) in [6, 6.07) is 11.3. The SMILES string of the molecule is CC(C)(C)C1=PC(C(C)(C)C)P=C(C(C)(C)C)P1c1ccccc1. The fourth-order valence-electron chi connectivity index (χ4n) is 2.74. The molecule has 1 aliphatic rings. The Morgan fingerprint density at radius 2 is 1.12 bits per heavy atom. The molecular weight excluding hydrogens is 345 g/mol. The Balaban J connectivity index is 2.70. The van der Waals surface area contributed by atoms with Crippen molar-refractivity contribution in [1.29, 1.82) is 0 Å². The van der Waals surface area contributed by atoms with Crippen molar-refractivity contribution in [3.63, 3.8) is 0 Å². The highest BCUT2D eigenvalue weighted by Crippen LogP contribution is 2.61. The second-order valence-corrected chi connectivity index (χ2v) is 15.5. The van der Waals surface area contributed by atoms with Crippen LogP contribution in [0.2, 0.25) is 0 Å². The number of rotatable bonds is 1. The van der Waals surface area contributed by atoms with E-state index in [0.29, 0.717) is 10.8 Å². The topological polar surface area (TPSA) is 0 Å². The van der Waals surface area contributed by atoms with E-state index in [1.54, 1.807) is 26.5 Å². The van der Waals surface area contributed by atoms with Crippen LogP contribution in [0.15, 0.2) is 30.3 Å². The van der Waals surface area contributed by atoms with E-state index in [-0.39, 0.29) is 18.8 Å². The average Bonchev–Trinajstić information content (AvgIpc) is 2.44. The van der Waals surface area contributed by atoms with Crippen LogP contribution in [0.3, 0.4) is 0 Å². The Hall–Kier alpha value is -0.0100. The fraction of sp³-hybridized carbons (Fsp3) is 0.619. The van der Waals surface area contributed by atoms with E-state index in [4.69, 9.17) is 0 Å². The minimum absolute atomic E-state index is 0.249. The van der Waals surface area contributed by atoms with E-state index in [2.05, 4.69) is 92.6 Å². The lowest BCUT2D eigenvalue weighted by Gasteiger charge is -2.42. The summed E-state index contributed by atoms with van der Waals surface area (Å²) in [5.74, 6) is 0. The van der Waals surface area contributed by atoms with E-state index in [9.17, 15) is 0 Å². The molecule has 0 atom stereocenters. The molecule has 132 valence electrons. The maximum absolute atomic E-state index is 2.41. The molecule has 0 spiro atoms. The van der Waals surface area contributed by atoms with Crippen molar-refractivity contribution < 1.29 is 0 Å². The van der Waals surface area contributed by atoms with Gasteiger partial charge in [-0.05, 0) is 39.5 Å². The molecule has 24 heavy (non-hydrogen) atoms. The van der Waals surface area contributed by atoms with Crippen LogP contribution in [0.4, 0.5) is 0 Å². The van der Waals surface area contributed by atoms with Gasteiger partial charge < -0.3 is 0 Å². The highest BCUT2D eigenvalue weighted by molar-refractivity contribution is 8.09. The van der Waals surface area contributed by atoms with Crippen molar-refractivity contribution in [3.8, 4) is 0 Å². The third kappa shape index (κ3) is 4.58. The molecule has 0 bridgehead atoms. The van der Waals surface area contributed by atoms with Crippen LogP contribution >= 0.6 is 24.3 Å². The van der Waals surface area contributed by atoms with E-state index in [0.717, 1.165) is 0 Å². The lowest BCUT2D eigenvalue weighted by molar-refractivity contribution is 0.457. The first-order valence-corrected chi connectivity index (χ1v) is 12.1. The van der Waals surface area contributed by atoms with Gasteiger partial charge in [0.1, 0.15) is 0 Å². The average molecular weight is 378 g/mol. The Morgan fingerprint density at radius 1 is 0.708 bits per heavy atom. The summed E-state index contributed by atoms with van der Waals surface area (Å²) in [5.41, 5.74) is 0.840. The first-order valence-electron chi connectivity index (χ1n) is 8.83. The standard InChI is InChI=1S/C21H33P3/c1-19(2,3)16-22-17(20(4,5)6)24(15-13-11-10-12-14-15)18(23-16)21(7,8)9/h10-14,16H,1-9H3. The highest BCUT2D eigenvalue weighted by atomic mass is 31.2. The maximum Gasteiger partial charge on any atom is 0.0482 e. The van der Waals surface area contributed by atoms with Gasteiger partial charge in [0.25, 0.3) is 0 Å². The molecule has 1 aliphatic heterocycles. The van der Waals surface area contributed by atoms with Crippen molar-refractivity contribution in [1.82, 2.24) is 0 Å². The quantitative estimate of drug-likeness (QED) is 0.446. The van der Waals surface area contributed by atoms with Crippen LogP contribution in [0.5, 0.6) is 0 Å². The zero-order valence-electron chi connectivity index (χ0n) is 16.8. The minimum Gasteiger partial charge on any atom is -0.0861 e. The largest absolute Gasteiger partial charge is 0.0861 e. The normalized spacial score (nSPS) is 24.2. The molecule has 0 aromatic heterocycles. The molecule has 0 saturated heterocycles. The zero-order valence-corrected chi connectivity index (χ0v) is 19.5. The predicted molar refractivity (Wildman–Crippen MR) is 119 cm³/mol. The molecule has 0 aliphatic carbocycles. The van der Waals surface area contributed by atoms with Crippen LogP contribution in [0.25, 0.3) is 0 Å². The molecule has 1 aromatic rings. The molecule has 0 nitrogen and oxygen atoms in total. The molecule has 1 aromatic carbocycles. The van der Waals surface area contributed by atoms with Crippen molar-refractivity contribution in [2.45, 2.75) is 67.7 Å².